The van der Waals surface area contributed by atoms with Crippen LogP contribution in [0.4, 0.5) is 0 Å². The lowest BCUT2D eigenvalue weighted by Gasteiger charge is -2.27. The van der Waals surface area contributed by atoms with Gasteiger partial charge in [-0.3, -0.25) is 9.69 Å². The first-order valence-corrected chi connectivity index (χ1v) is 10.3. The van der Waals surface area contributed by atoms with Crippen LogP contribution < -0.4 is 20.1 Å². The van der Waals surface area contributed by atoms with Gasteiger partial charge in [0, 0.05) is 57.8 Å². The molecule has 1 saturated heterocycles. The third-order valence-electron chi connectivity index (χ3n) is 4.29. The van der Waals surface area contributed by atoms with Crippen LogP contribution in [0.3, 0.4) is 0 Å². The molecule has 8 nitrogen and oxygen atoms in total. The standard InChI is InChI=1S/C17H28N4O4S.2ClH/c1-3-17(22)19-13-14-12-15(4-5-16(14)25-2)26(23,24)20-8-11-21-9-6-18-7-10-21;;/h4-5,12,18,20H,3,6-11,13H2,1-2H3,(H,19,22);2*1H. The Kier molecular flexibility index (Phi) is 12.7. The Morgan fingerprint density at radius 2 is 1.93 bits per heavy atom. The second-order valence-corrected chi connectivity index (χ2v) is 7.86. The van der Waals surface area contributed by atoms with E-state index in [0.717, 1.165) is 26.2 Å². The van der Waals surface area contributed by atoms with Crippen molar-refractivity contribution in [2.24, 2.45) is 0 Å². The summed E-state index contributed by atoms with van der Waals surface area (Å²) in [6.07, 6.45) is 0.369. The molecular formula is C17H30Cl2N4O4S. The smallest absolute Gasteiger partial charge is 0.240 e. The summed E-state index contributed by atoms with van der Waals surface area (Å²) in [7, 11) is -2.10. The van der Waals surface area contributed by atoms with Crippen molar-refractivity contribution in [1.82, 2.24) is 20.3 Å². The number of nitrogens with zero attached hydrogens (tertiary/aromatic N) is 1. The van der Waals surface area contributed by atoms with Crippen molar-refractivity contribution in [2.45, 2.75) is 24.8 Å². The molecule has 11 heteroatoms. The average Bonchev–Trinajstić information content (AvgIpc) is 2.66. The molecule has 1 aromatic rings. The zero-order valence-corrected chi connectivity index (χ0v) is 18.6. The maximum Gasteiger partial charge on any atom is 0.240 e. The Balaban J connectivity index is 0.00000364. The molecule has 0 radical (unpaired) electrons. The topological polar surface area (TPSA) is 99.8 Å². The number of sulfonamides is 1. The number of carbonyl (C=O) groups is 1. The van der Waals surface area contributed by atoms with Crippen LogP contribution in [0.5, 0.6) is 5.75 Å². The van der Waals surface area contributed by atoms with E-state index in [-0.39, 0.29) is 42.2 Å². The van der Waals surface area contributed by atoms with Crippen LogP contribution in [-0.2, 0) is 21.4 Å². The van der Waals surface area contributed by atoms with Crippen molar-refractivity contribution in [2.75, 3.05) is 46.4 Å². The molecule has 1 amide bonds. The van der Waals surface area contributed by atoms with Gasteiger partial charge in [-0.25, -0.2) is 13.1 Å². The SMILES string of the molecule is CCC(=O)NCc1cc(S(=O)(=O)NCCN2CCNCC2)ccc1OC.Cl.Cl. The second-order valence-electron chi connectivity index (χ2n) is 6.09. The summed E-state index contributed by atoms with van der Waals surface area (Å²) in [5, 5.41) is 6.01. The van der Waals surface area contributed by atoms with Crippen molar-refractivity contribution < 1.29 is 17.9 Å². The van der Waals surface area contributed by atoms with E-state index in [1.807, 2.05) is 0 Å². The number of benzene rings is 1. The monoisotopic (exact) mass is 456 g/mol. The molecule has 0 unspecified atom stereocenters. The second kappa shape index (κ2) is 13.2. The van der Waals surface area contributed by atoms with Crippen LogP contribution in [0.15, 0.2) is 23.1 Å². The molecule has 162 valence electrons. The van der Waals surface area contributed by atoms with E-state index in [1.54, 1.807) is 19.1 Å². The highest BCUT2D eigenvalue weighted by molar-refractivity contribution is 7.89. The highest BCUT2D eigenvalue weighted by Gasteiger charge is 2.17. The van der Waals surface area contributed by atoms with E-state index in [4.69, 9.17) is 4.74 Å². The summed E-state index contributed by atoms with van der Waals surface area (Å²) in [6, 6.07) is 4.66. The van der Waals surface area contributed by atoms with Gasteiger partial charge in [0.15, 0.2) is 0 Å². The fourth-order valence-electron chi connectivity index (χ4n) is 2.74. The molecule has 1 aliphatic heterocycles. The van der Waals surface area contributed by atoms with Gasteiger partial charge in [-0.1, -0.05) is 6.92 Å². The summed E-state index contributed by atoms with van der Waals surface area (Å²) in [4.78, 5) is 13.9. The minimum Gasteiger partial charge on any atom is -0.496 e. The average molecular weight is 457 g/mol. The number of hydrogen-bond acceptors (Lipinski definition) is 6. The molecule has 0 bridgehead atoms. The first-order valence-electron chi connectivity index (χ1n) is 8.82. The van der Waals surface area contributed by atoms with Gasteiger partial charge >= 0.3 is 0 Å². The van der Waals surface area contributed by atoms with Crippen molar-refractivity contribution in [3.8, 4) is 5.75 Å². The molecule has 1 aliphatic rings. The third-order valence-corrected chi connectivity index (χ3v) is 5.75. The molecule has 0 aliphatic carbocycles. The Morgan fingerprint density at radius 3 is 2.54 bits per heavy atom. The van der Waals surface area contributed by atoms with Crippen LogP contribution in [0.1, 0.15) is 18.9 Å². The maximum absolute atomic E-state index is 12.5. The van der Waals surface area contributed by atoms with Crippen LogP contribution in [0.2, 0.25) is 0 Å². The summed E-state index contributed by atoms with van der Waals surface area (Å²) in [5.74, 6) is 0.440. The first kappa shape index (κ1) is 26.9. The zero-order chi connectivity index (χ0) is 19.0. The van der Waals surface area contributed by atoms with Gasteiger partial charge in [0.05, 0.1) is 12.0 Å². The summed E-state index contributed by atoms with van der Waals surface area (Å²) in [6.45, 7) is 6.72. The summed E-state index contributed by atoms with van der Waals surface area (Å²) in [5.41, 5.74) is 0.624. The number of carbonyl (C=O) groups excluding carboxylic acids is 1. The molecule has 0 saturated carbocycles. The van der Waals surface area contributed by atoms with Gasteiger partial charge in [0.2, 0.25) is 15.9 Å². The Labute approximate surface area is 179 Å². The van der Waals surface area contributed by atoms with Crippen molar-refractivity contribution >= 4 is 40.7 Å². The number of nitrogens with one attached hydrogen (secondary N) is 3. The number of amides is 1. The summed E-state index contributed by atoms with van der Waals surface area (Å²) < 4.78 is 33.0. The van der Waals surface area contributed by atoms with E-state index in [9.17, 15) is 13.2 Å². The van der Waals surface area contributed by atoms with Gasteiger partial charge < -0.3 is 15.4 Å². The lowest BCUT2D eigenvalue weighted by Crippen LogP contribution is -2.46. The molecule has 2 rings (SSSR count). The van der Waals surface area contributed by atoms with Crippen molar-refractivity contribution in [3.05, 3.63) is 23.8 Å². The molecule has 28 heavy (non-hydrogen) atoms. The predicted octanol–water partition coefficient (Wildman–Crippen LogP) is 0.749. The Bertz CT molecular complexity index is 713. The molecule has 0 atom stereocenters. The molecular weight excluding hydrogens is 427 g/mol. The van der Waals surface area contributed by atoms with Crippen LogP contribution in [0.25, 0.3) is 0 Å². The fraction of sp³-hybridized carbons (Fsp3) is 0.588. The molecule has 0 spiro atoms. The Morgan fingerprint density at radius 1 is 1.25 bits per heavy atom. The van der Waals surface area contributed by atoms with Crippen molar-refractivity contribution in [3.63, 3.8) is 0 Å². The quantitative estimate of drug-likeness (QED) is 0.506. The maximum atomic E-state index is 12.5. The molecule has 3 N–H and O–H groups in total. The van der Waals surface area contributed by atoms with Gasteiger partial charge in [-0.2, -0.15) is 0 Å². The number of ether oxygens (including phenoxy) is 1. The predicted molar refractivity (Wildman–Crippen MR) is 114 cm³/mol. The normalized spacial score (nSPS) is 14.5. The third kappa shape index (κ3) is 8.10. The summed E-state index contributed by atoms with van der Waals surface area (Å²) >= 11 is 0. The molecule has 1 fully saturated rings. The van der Waals surface area contributed by atoms with E-state index < -0.39 is 10.0 Å². The van der Waals surface area contributed by atoms with Gasteiger partial charge in [-0.05, 0) is 18.2 Å². The van der Waals surface area contributed by atoms with Gasteiger partial charge in [-0.15, -0.1) is 24.8 Å². The minimum absolute atomic E-state index is 0. The van der Waals surface area contributed by atoms with Gasteiger partial charge in [0.25, 0.3) is 0 Å². The zero-order valence-electron chi connectivity index (χ0n) is 16.2. The highest BCUT2D eigenvalue weighted by Crippen LogP contribution is 2.22. The lowest BCUT2D eigenvalue weighted by atomic mass is 10.2. The van der Waals surface area contributed by atoms with E-state index in [2.05, 4.69) is 20.3 Å². The van der Waals surface area contributed by atoms with Gasteiger partial charge in [0.1, 0.15) is 5.75 Å². The highest BCUT2D eigenvalue weighted by atomic mass is 35.5. The Hall–Kier alpha value is -1.10. The first-order chi connectivity index (χ1) is 12.5. The largest absolute Gasteiger partial charge is 0.496 e. The molecule has 1 heterocycles. The van der Waals surface area contributed by atoms with E-state index in [0.29, 0.717) is 30.8 Å². The number of halogens is 2. The fourth-order valence-corrected chi connectivity index (χ4v) is 3.81. The molecule has 1 aromatic carbocycles. The number of methoxy groups -OCH3 is 1. The number of piperazine rings is 1. The van der Waals surface area contributed by atoms with E-state index >= 15 is 0 Å². The van der Waals surface area contributed by atoms with Crippen LogP contribution >= 0.6 is 24.8 Å². The van der Waals surface area contributed by atoms with Crippen molar-refractivity contribution in [1.29, 1.82) is 0 Å². The van der Waals surface area contributed by atoms with Crippen LogP contribution in [-0.4, -0.2) is 65.6 Å². The molecule has 0 aromatic heterocycles. The minimum atomic E-state index is -3.61. The lowest BCUT2D eigenvalue weighted by molar-refractivity contribution is -0.120. The van der Waals surface area contributed by atoms with Crippen LogP contribution in [0, 0.1) is 0 Å². The number of hydrogen-bond donors (Lipinski definition) is 3. The number of rotatable bonds is 9. The van der Waals surface area contributed by atoms with E-state index in [1.165, 1.54) is 13.2 Å².